The van der Waals surface area contributed by atoms with Crippen LogP contribution < -0.4 is 5.32 Å². The van der Waals surface area contributed by atoms with E-state index < -0.39 is 0 Å². The van der Waals surface area contributed by atoms with E-state index in [1.165, 1.54) is 0 Å². The Labute approximate surface area is 73.4 Å². The molecular formula is C9H15N2O. The second-order valence-electron chi connectivity index (χ2n) is 3.21. The van der Waals surface area contributed by atoms with E-state index in [1.54, 1.807) is 19.0 Å². The van der Waals surface area contributed by atoms with Crippen molar-refractivity contribution in [3.63, 3.8) is 0 Å². The highest BCUT2D eigenvalue weighted by molar-refractivity contribution is 5.74. The van der Waals surface area contributed by atoms with E-state index in [4.69, 9.17) is 0 Å². The molecule has 67 valence electrons. The minimum Gasteiger partial charge on any atom is -0.332 e. The largest absolute Gasteiger partial charge is 0.332 e. The lowest BCUT2D eigenvalue weighted by Crippen LogP contribution is -2.41. The summed E-state index contributed by atoms with van der Waals surface area (Å²) in [6.45, 7) is 0. The fraction of sp³-hybridized carbons (Fsp3) is 0.667. The Bertz CT molecular complexity index is 187. The summed E-state index contributed by atoms with van der Waals surface area (Å²) in [4.78, 5) is 12.7. The van der Waals surface area contributed by atoms with Gasteiger partial charge in [-0.05, 0) is 25.3 Å². The van der Waals surface area contributed by atoms with Gasteiger partial charge < -0.3 is 10.2 Å². The molecule has 0 aliphatic heterocycles. The van der Waals surface area contributed by atoms with Crippen molar-refractivity contribution in [2.75, 3.05) is 14.1 Å². The van der Waals surface area contributed by atoms with Gasteiger partial charge in [0, 0.05) is 20.1 Å². The minimum absolute atomic E-state index is 0.0278. The maximum atomic E-state index is 11.2. The highest BCUT2D eigenvalue weighted by Crippen LogP contribution is 2.09. The van der Waals surface area contributed by atoms with Crippen LogP contribution >= 0.6 is 0 Å². The molecule has 0 spiro atoms. The van der Waals surface area contributed by atoms with E-state index in [2.05, 4.69) is 11.4 Å². The number of hydrogen-bond acceptors (Lipinski definition) is 1. The first kappa shape index (κ1) is 9.10. The Balaban J connectivity index is 2.35. The SMILES string of the molecule is CN(C)C(=O)NC1C=[C]CCC1. The van der Waals surface area contributed by atoms with Gasteiger partial charge in [-0.2, -0.15) is 0 Å². The first-order valence-electron chi connectivity index (χ1n) is 4.24. The fourth-order valence-corrected chi connectivity index (χ4v) is 1.13. The van der Waals surface area contributed by atoms with E-state index in [0.717, 1.165) is 19.3 Å². The van der Waals surface area contributed by atoms with Crippen molar-refractivity contribution in [3.05, 3.63) is 12.2 Å². The molecule has 1 rings (SSSR count). The second kappa shape index (κ2) is 4.14. The zero-order valence-corrected chi connectivity index (χ0v) is 7.63. The van der Waals surface area contributed by atoms with Crippen molar-refractivity contribution in [3.8, 4) is 0 Å². The quantitative estimate of drug-likeness (QED) is 0.624. The Morgan fingerprint density at radius 3 is 2.92 bits per heavy atom. The number of rotatable bonds is 1. The lowest BCUT2D eigenvalue weighted by molar-refractivity contribution is 0.214. The molecule has 12 heavy (non-hydrogen) atoms. The average molecular weight is 167 g/mol. The summed E-state index contributed by atoms with van der Waals surface area (Å²) in [6.07, 6.45) is 8.25. The van der Waals surface area contributed by atoms with Gasteiger partial charge in [-0.15, -0.1) is 0 Å². The van der Waals surface area contributed by atoms with Crippen LogP contribution in [0.5, 0.6) is 0 Å². The van der Waals surface area contributed by atoms with E-state index in [-0.39, 0.29) is 12.1 Å². The molecule has 1 unspecified atom stereocenters. The lowest BCUT2D eigenvalue weighted by Gasteiger charge is -2.20. The maximum absolute atomic E-state index is 11.2. The molecule has 1 aliphatic rings. The average Bonchev–Trinajstić information content (AvgIpc) is 2.06. The Hall–Kier alpha value is -0.990. The standard InChI is InChI=1S/C9H15N2O/c1-11(2)9(12)10-8-6-4-3-5-7-8/h7-8H,3-4,6H2,1-2H3,(H,10,12). The third kappa shape index (κ3) is 2.57. The molecule has 2 amide bonds. The van der Waals surface area contributed by atoms with E-state index in [9.17, 15) is 4.79 Å². The van der Waals surface area contributed by atoms with Crippen molar-refractivity contribution in [1.29, 1.82) is 0 Å². The predicted molar refractivity (Wildman–Crippen MR) is 47.7 cm³/mol. The van der Waals surface area contributed by atoms with Gasteiger partial charge in [0.05, 0.1) is 0 Å². The molecule has 1 aliphatic carbocycles. The Morgan fingerprint density at radius 1 is 1.67 bits per heavy atom. The van der Waals surface area contributed by atoms with Gasteiger partial charge in [0.2, 0.25) is 0 Å². The van der Waals surface area contributed by atoms with Gasteiger partial charge in [0.15, 0.2) is 0 Å². The molecular weight excluding hydrogens is 152 g/mol. The maximum Gasteiger partial charge on any atom is 0.317 e. The van der Waals surface area contributed by atoms with Crippen LogP contribution in [-0.4, -0.2) is 31.1 Å². The first-order valence-corrected chi connectivity index (χ1v) is 4.24. The Kier molecular flexibility index (Phi) is 3.14. The van der Waals surface area contributed by atoms with Gasteiger partial charge in [0.1, 0.15) is 0 Å². The molecule has 3 nitrogen and oxygen atoms in total. The summed E-state index contributed by atoms with van der Waals surface area (Å²) in [5, 5.41) is 2.89. The van der Waals surface area contributed by atoms with Gasteiger partial charge in [0.25, 0.3) is 0 Å². The summed E-state index contributed by atoms with van der Waals surface area (Å²) in [7, 11) is 3.48. The smallest absolute Gasteiger partial charge is 0.317 e. The van der Waals surface area contributed by atoms with Gasteiger partial charge in [-0.3, -0.25) is 0 Å². The van der Waals surface area contributed by atoms with Crippen LogP contribution in [0, 0.1) is 6.08 Å². The summed E-state index contributed by atoms with van der Waals surface area (Å²) < 4.78 is 0. The number of hydrogen-bond donors (Lipinski definition) is 1. The molecule has 0 aromatic rings. The number of urea groups is 1. The normalized spacial score (nSPS) is 22.0. The molecule has 0 saturated heterocycles. The number of amides is 2. The minimum atomic E-state index is -0.0278. The second-order valence-corrected chi connectivity index (χ2v) is 3.21. The number of carbonyl (C=O) groups excluding carboxylic acids is 1. The predicted octanol–water partition coefficient (Wildman–Crippen LogP) is 1.17. The number of nitrogens with zero attached hydrogens (tertiary/aromatic N) is 1. The zero-order valence-electron chi connectivity index (χ0n) is 7.63. The van der Waals surface area contributed by atoms with Crippen LogP contribution in [0.4, 0.5) is 4.79 Å². The highest BCUT2D eigenvalue weighted by atomic mass is 16.2. The van der Waals surface area contributed by atoms with E-state index in [0.29, 0.717) is 0 Å². The van der Waals surface area contributed by atoms with E-state index >= 15 is 0 Å². The summed E-state index contributed by atoms with van der Waals surface area (Å²) in [5.74, 6) is 0. The zero-order chi connectivity index (χ0) is 8.97. The molecule has 1 N–H and O–H groups in total. The molecule has 1 radical (unpaired) electrons. The fourth-order valence-electron chi connectivity index (χ4n) is 1.13. The third-order valence-electron chi connectivity index (χ3n) is 1.87. The van der Waals surface area contributed by atoms with Crippen molar-refractivity contribution in [2.45, 2.75) is 25.3 Å². The number of nitrogens with one attached hydrogen (secondary N) is 1. The number of allylic oxidation sites excluding steroid dienone is 1. The van der Waals surface area contributed by atoms with Crippen LogP contribution in [0.3, 0.4) is 0 Å². The summed E-state index contributed by atoms with van der Waals surface area (Å²) >= 11 is 0. The van der Waals surface area contributed by atoms with Crippen molar-refractivity contribution >= 4 is 6.03 Å². The molecule has 3 heteroatoms. The van der Waals surface area contributed by atoms with Crippen molar-refractivity contribution < 1.29 is 4.79 Å². The van der Waals surface area contributed by atoms with Gasteiger partial charge >= 0.3 is 6.03 Å². The van der Waals surface area contributed by atoms with Crippen LogP contribution in [-0.2, 0) is 0 Å². The van der Waals surface area contributed by atoms with Crippen LogP contribution in [0.25, 0.3) is 0 Å². The topological polar surface area (TPSA) is 32.3 Å². The van der Waals surface area contributed by atoms with Crippen LogP contribution in [0.15, 0.2) is 6.08 Å². The monoisotopic (exact) mass is 167 g/mol. The lowest BCUT2D eigenvalue weighted by atomic mass is 10.0. The first-order chi connectivity index (χ1) is 5.70. The van der Waals surface area contributed by atoms with E-state index in [1.807, 2.05) is 6.08 Å². The molecule has 0 saturated carbocycles. The molecule has 0 heterocycles. The summed E-state index contributed by atoms with van der Waals surface area (Å²) in [6, 6.07) is 0.161. The van der Waals surface area contributed by atoms with Crippen molar-refractivity contribution in [2.24, 2.45) is 0 Å². The molecule has 1 atom stereocenters. The molecule has 0 aromatic heterocycles. The summed E-state index contributed by atoms with van der Waals surface area (Å²) in [5.41, 5.74) is 0. The molecule has 0 bridgehead atoms. The molecule has 0 fully saturated rings. The third-order valence-corrected chi connectivity index (χ3v) is 1.87. The molecule has 0 aromatic carbocycles. The van der Waals surface area contributed by atoms with Crippen LogP contribution in [0.1, 0.15) is 19.3 Å². The Morgan fingerprint density at radius 2 is 2.42 bits per heavy atom. The number of carbonyl (C=O) groups is 1. The van der Waals surface area contributed by atoms with Gasteiger partial charge in [-0.1, -0.05) is 6.08 Å². The van der Waals surface area contributed by atoms with Crippen LogP contribution in [0.2, 0.25) is 0 Å². The van der Waals surface area contributed by atoms with Gasteiger partial charge in [-0.25, -0.2) is 4.79 Å². The van der Waals surface area contributed by atoms with Crippen molar-refractivity contribution in [1.82, 2.24) is 10.2 Å². The highest BCUT2D eigenvalue weighted by Gasteiger charge is 2.12.